The lowest BCUT2D eigenvalue weighted by molar-refractivity contribution is 0.623. The van der Waals surface area contributed by atoms with Gasteiger partial charge in [0.25, 0.3) is 0 Å². The molecule has 0 bridgehead atoms. The standard InChI is InChI=1S/C44H30N2O2/c1-44(2)37-14-8-6-12-33(37)36-25-30(19-22-38(36)44)46(31-18-21-35-34-13-7-9-15-40(34)47-41(35)26-31)29-17-20-32-28(24-29)16-23-39-42(32)48-43(45-39)27-10-4-3-5-11-27/h3-26H,1-2H3. The summed E-state index contributed by atoms with van der Waals surface area (Å²) in [5.74, 6) is 0.629. The van der Waals surface area contributed by atoms with Crippen molar-refractivity contribution in [2.75, 3.05) is 4.90 Å². The van der Waals surface area contributed by atoms with Gasteiger partial charge >= 0.3 is 0 Å². The minimum absolute atomic E-state index is 0.0630. The number of fused-ring (bicyclic) bond motifs is 9. The number of oxazole rings is 1. The SMILES string of the molecule is CC1(C)c2ccccc2-c2cc(N(c3ccc4c(ccc5nc(-c6ccccc6)oc54)c3)c3ccc4c(c3)oc3ccccc34)ccc21. The smallest absolute Gasteiger partial charge is 0.227 e. The first-order valence-electron chi connectivity index (χ1n) is 16.4. The van der Waals surface area contributed by atoms with Gasteiger partial charge in [0, 0.05) is 50.3 Å². The van der Waals surface area contributed by atoms with Crippen LogP contribution in [0, 0.1) is 0 Å². The van der Waals surface area contributed by atoms with Gasteiger partial charge in [-0.05, 0) is 94.4 Å². The third-order valence-electron chi connectivity index (χ3n) is 10.1. The van der Waals surface area contributed by atoms with Gasteiger partial charge in [-0.2, -0.15) is 0 Å². The molecule has 2 heterocycles. The molecule has 9 aromatic rings. The molecule has 7 aromatic carbocycles. The van der Waals surface area contributed by atoms with Gasteiger partial charge in [-0.3, -0.25) is 0 Å². The molecule has 0 aliphatic heterocycles. The van der Waals surface area contributed by atoms with Crippen LogP contribution in [-0.4, -0.2) is 4.98 Å². The summed E-state index contributed by atoms with van der Waals surface area (Å²) < 4.78 is 12.8. The Labute approximate surface area is 277 Å². The van der Waals surface area contributed by atoms with Crippen molar-refractivity contribution in [3.63, 3.8) is 0 Å². The second-order valence-electron chi connectivity index (χ2n) is 13.2. The van der Waals surface area contributed by atoms with Crippen molar-refractivity contribution in [2.45, 2.75) is 19.3 Å². The van der Waals surface area contributed by atoms with Crippen LogP contribution in [0.2, 0.25) is 0 Å². The Morgan fingerprint density at radius 2 is 1.21 bits per heavy atom. The highest BCUT2D eigenvalue weighted by molar-refractivity contribution is 6.07. The summed E-state index contributed by atoms with van der Waals surface area (Å²) in [7, 11) is 0. The van der Waals surface area contributed by atoms with E-state index < -0.39 is 0 Å². The molecule has 4 nitrogen and oxygen atoms in total. The normalized spacial score (nSPS) is 13.4. The molecule has 0 saturated heterocycles. The van der Waals surface area contributed by atoms with E-state index in [0.717, 1.165) is 66.4 Å². The lowest BCUT2D eigenvalue weighted by atomic mass is 9.82. The van der Waals surface area contributed by atoms with E-state index in [1.54, 1.807) is 0 Å². The predicted molar refractivity (Wildman–Crippen MR) is 196 cm³/mol. The molecule has 0 atom stereocenters. The first-order valence-corrected chi connectivity index (χ1v) is 16.4. The number of para-hydroxylation sites is 1. The number of benzene rings is 7. The number of hydrogen-bond donors (Lipinski definition) is 0. The highest BCUT2D eigenvalue weighted by atomic mass is 16.3. The molecule has 0 amide bonds. The molecule has 228 valence electrons. The summed E-state index contributed by atoms with van der Waals surface area (Å²) in [6.45, 7) is 4.64. The fourth-order valence-corrected chi connectivity index (χ4v) is 7.69. The van der Waals surface area contributed by atoms with Crippen molar-refractivity contribution in [1.82, 2.24) is 4.98 Å². The van der Waals surface area contributed by atoms with E-state index in [2.05, 4.69) is 122 Å². The number of aromatic nitrogens is 1. The Bertz CT molecular complexity index is 2720. The minimum Gasteiger partial charge on any atom is -0.456 e. The maximum absolute atomic E-state index is 6.38. The molecule has 0 saturated carbocycles. The van der Waals surface area contributed by atoms with Gasteiger partial charge < -0.3 is 13.7 Å². The molecule has 0 unspecified atom stereocenters. The maximum atomic E-state index is 6.38. The van der Waals surface area contributed by atoms with E-state index in [0.29, 0.717) is 5.89 Å². The van der Waals surface area contributed by atoms with Crippen molar-refractivity contribution in [1.29, 1.82) is 0 Å². The molecule has 0 spiro atoms. The summed E-state index contributed by atoms with van der Waals surface area (Å²) in [5.41, 5.74) is 12.8. The van der Waals surface area contributed by atoms with Gasteiger partial charge in [0.1, 0.15) is 16.7 Å². The fourth-order valence-electron chi connectivity index (χ4n) is 7.69. The molecule has 0 fully saturated rings. The lowest BCUT2D eigenvalue weighted by Crippen LogP contribution is -2.15. The first-order chi connectivity index (χ1) is 23.5. The molecule has 1 aliphatic rings. The van der Waals surface area contributed by atoms with E-state index in [4.69, 9.17) is 13.8 Å². The Kier molecular flexibility index (Phi) is 5.59. The van der Waals surface area contributed by atoms with Crippen molar-refractivity contribution in [3.05, 3.63) is 157 Å². The average molecular weight is 619 g/mol. The lowest BCUT2D eigenvalue weighted by Gasteiger charge is -2.27. The Balaban J connectivity index is 1.17. The molecular formula is C44H30N2O2. The monoisotopic (exact) mass is 618 g/mol. The summed E-state index contributed by atoms with van der Waals surface area (Å²) >= 11 is 0. The zero-order valence-corrected chi connectivity index (χ0v) is 26.6. The highest BCUT2D eigenvalue weighted by Gasteiger charge is 2.35. The minimum atomic E-state index is -0.0630. The van der Waals surface area contributed by atoms with Gasteiger partial charge in [-0.15, -0.1) is 0 Å². The van der Waals surface area contributed by atoms with Gasteiger partial charge in [0.2, 0.25) is 5.89 Å². The van der Waals surface area contributed by atoms with Crippen LogP contribution in [0.4, 0.5) is 17.1 Å². The Morgan fingerprint density at radius 1 is 0.521 bits per heavy atom. The van der Waals surface area contributed by atoms with Crippen LogP contribution < -0.4 is 4.90 Å². The molecule has 4 heteroatoms. The number of anilines is 3. The Hall–Kier alpha value is -6.13. The quantitative estimate of drug-likeness (QED) is 0.197. The molecule has 48 heavy (non-hydrogen) atoms. The zero-order chi connectivity index (χ0) is 32.0. The average Bonchev–Trinajstić information content (AvgIpc) is 3.79. The van der Waals surface area contributed by atoms with Crippen LogP contribution in [-0.2, 0) is 5.41 Å². The topological polar surface area (TPSA) is 42.4 Å². The molecule has 10 rings (SSSR count). The number of hydrogen-bond acceptors (Lipinski definition) is 4. The molecule has 2 aromatic heterocycles. The summed E-state index contributed by atoms with van der Waals surface area (Å²) in [6, 6.07) is 51.3. The van der Waals surface area contributed by atoms with Crippen molar-refractivity contribution >= 4 is 60.9 Å². The van der Waals surface area contributed by atoms with E-state index in [1.165, 1.54) is 22.3 Å². The molecule has 0 N–H and O–H groups in total. The molecule has 0 radical (unpaired) electrons. The largest absolute Gasteiger partial charge is 0.456 e. The van der Waals surface area contributed by atoms with Crippen molar-refractivity contribution < 1.29 is 8.83 Å². The zero-order valence-electron chi connectivity index (χ0n) is 26.6. The Morgan fingerprint density at radius 3 is 2.10 bits per heavy atom. The van der Waals surface area contributed by atoms with Crippen LogP contribution in [0.5, 0.6) is 0 Å². The van der Waals surface area contributed by atoms with E-state index in [-0.39, 0.29) is 5.41 Å². The van der Waals surface area contributed by atoms with Crippen molar-refractivity contribution in [2.24, 2.45) is 0 Å². The summed E-state index contributed by atoms with van der Waals surface area (Å²) in [6.07, 6.45) is 0. The van der Waals surface area contributed by atoms with Crippen LogP contribution in [0.25, 0.3) is 66.4 Å². The van der Waals surface area contributed by atoms with Gasteiger partial charge in [0.15, 0.2) is 5.58 Å². The van der Waals surface area contributed by atoms with E-state index in [9.17, 15) is 0 Å². The van der Waals surface area contributed by atoms with Crippen LogP contribution in [0.3, 0.4) is 0 Å². The second-order valence-corrected chi connectivity index (χ2v) is 13.2. The van der Waals surface area contributed by atoms with Crippen LogP contribution in [0.15, 0.2) is 154 Å². The number of nitrogens with zero attached hydrogens (tertiary/aromatic N) is 2. The van der Waals surface area contributed by atoms with Crippen molar-refractivity contribution in [3.8, 4) is 22.6 Å². The van der Waals surface area contributed by atoms with Gasteiger partial charge in [-0.1, -0.05) is 86.6 Å². The van der Waals surface area contributed by atoms with E-state index >= 15 is 0 Å². The third kappa shape index (κ3) is 3.93. The highest BCUT2D eigenvalue weighted by Crippen LogP contribution is 2.51. The molecular weight excluding hydrogens is 588 g/mol. The maximum Gasteiger partial charge on any atom is 0.227 e. The summed E-state index contributed by atoms with van der Waals surface area (Å²) in [4.78, 5) is 7.14. The summed E-state index contributed by atoms with van der Waals surface area (Å²) in [5, 5.41) is 4.35. The third-order valence-corrected chi connectivity index (χ3v) is 10.1. The van der Waals surface area contributed by atoms with Crippen LogP contribution >= 0.6 is 0 Å². The van der Waals surface area contributed by atoms with Crippen LogP contribution in [0.1, 0.15) is 25.0 Å². The molecule has 1 aliphatic carbocycles. The second kappa shape index (κ2) is 9.93. The van der Waals surface area contributed by atoms with Gasteiger partial charge in [-0.25, -0.2) is 4.98 Å². The first kappa shape index (κ1) is 27.0. The van der Waals surface area contributed by atoms with Gasteiger partial charge in [0.05, 0.1) is 0 Å². The number of furan rings is 1. The van der Waals surface area contributed by atoms with E-state index in [1.807, 2.05) is 42.5 Å². The fraction of sp³-hybridized carbons (Fsp3) is 0.0682. The predicted octanol–water partition coefficient (Wildman–Crippen LogP) is 12.3. The number of rotatable bonds is 4.